The van der Waals surface area contributed by atoms with Crippen molar-refractivity contribution in [2.45, 2.75) is 63.0 Å². The third-order valence-electron chi connectivity index (χ3n) is 6.66. The summed E-state index contributed by atoms with van der Waals surface area (Å²) in [6.07, 6.45) is 8.91. The van der Waals surface area contributed by atoms with Gasteiger partial charge in [-0.1, -0.05) is 30.3 Å². The van der Waals surface area contributed by atoms with Crippen LogP contribution < -0.4 is 0 Å². The first-order chi connectivity index (χ1) is 12.8. The summed E-state index contributed by atoms with van der Waals surface area (Å²) in [6, 6.07) is 10.8. The average molecular weight is 357 g/mol. The minimum atomic E-state index is 0.102. The van der Waals surface area contributed by atoms with Gasteiger partial charge in [-0.2, -0.15) is 0 Å². The Hall–Kier alpha value is -1.39. The summed E-state index contributed by atoms with van der Waals surface area (Å²) in [5.74, 6) is 0.359. The summed E-state index contributed by atoms with van der Waals surface area (Å²) >= 11 is 0. The average Bonchev–Trinajstić information content (AvgIpc) is 3.22. The van der Waals surface area contributed by atoms with Crippen molar-refractivity contribution in [1.29, 1.82) is 0 Å². The zero-order valence-electron chi connectivity index (χ0n) is 15.9. The third kappa shape index (κ3) is 3.96. The van der Waals surface area contributed by atoms with Crippen LogP contribution in [0.15, 0.2) is 30.3 Å². The highest BCUT2D eigenvalue weighted by atomic mass is 16.5. The van der Waals surface area contributed by atoms with Gasteiger partial charge in [0, 0.05) is 38.2 Å². The van der Waals surface area contributed by atoms with Crippen LogP contribution in [0.1, 0.15) is 50.5 Å². The predicted octanol–water partition coefficient (Wildman–Crippen LogP) is 3.26. The number of hydrogen-bond donors (Lipinski definition) is 0. The number of ether oxygens (including phenoxy) is 1. The maximum atomic E-state index is 12.6. The van der Waals surface area contributed by atoms with Crippen LogP contribution in [0.25, 0.3) is 0 Å². The predicted molar refractivity (Wildman–Crippen MR) is 103 cm³/mol. The van der Waals surface area contributed by atoms with Gasteiger partial charge >= 0.3 is 0 Å². The van der Waals surface area contributed by atoms with Crippen LogP contribution >= 0.6 is 0 Å². The number of carbonyl (C=O) groups excluding carboxylic acids is 1. The molecule has 0 radical (unpaired) electrons. The SMILES string of the molecule is O=C1CC[C@@]2(CCCN(CCc3ccccc3)CC2)N1C[C@H]1CCCO1. The van der Waals surface area contributed by atoms with Gasteiger partial charge in [-0.25, -0.2) is 0 Å². The van der Waals surface area contributed by atoms with Crippen LogP contribution in [0.2, 0.25) is 0 Å². The molecular weight excluding hydrogens is 324 g/mol. The number of amides is 1. The van der Waals surface area contributed by atoms with E-state index < -0.39 is 0 Å². The second kappa shape index (κ2) is 8.10. The highest BCUT2D eigenvalue weighted by Crippen LogP contribution is 2.39. The summed E-state index contributed by atoms with van der Waals surface area (Å²) < 4.78 is 5.83. The van der Waals surface area contributed by atoms with E-state index in [0.717, 1.165) is 77.7 Å². The van der Waals surface area contributed by atoms with Gasteiger partial charge in [0.25, 0.3) is 0 Å². The molecule has 3 aliphatic rings. The molecule has 0 aromatic heterocycles. The van der Waals surface area contributed by atoms with Gasteiger partial charge in [0.2, 0.25) is 5.91 Å². The number of hydrogen-bond acceptors (Lipinski definition) is 3. The topological polar surface area (TPSA) is 32.8 Å². The Morgan fingerprint density at radius 2 is 1.96 bits per heavy atom. The summed E-state index contributed by atoms with van der Waals surface area (Å²) in [6.45, 7) is 5.09. The number of rotatable bonds is 5. The second-order valence-electron chi connectivity index (χ2n) is 8.29. The Morgan fingerprint density at radius 1 is 1.08 bits per heavy atom. The van der Waals surface area contributed by atoms with Gasteiger partial charge in [0.1, 0.15) is 0 Å². The van der Waals surface area contributed by atoms with Gasteiger partial charge in [-0.05, 0) is 57.1 Å². The quantitative estimate of drug-likeness (QED) is 0.812. The lowest BCUT2D eigenvalue weighted by atomic mass is 9.87. The lowest BCUT2D eigenvalue weighted by molar-refractivity contribution is -0.133. The molecule has 1 spiro atoms. The van der Waals surface area contributed by atoms with E-state index in [0.29, 0.717) is 5.91 Å². The minimum absolute atomic E-state index is 0.102. The van der Waals surface area contributed by atoms with Crippen LogP contribution in [0.3, 0.4) is 0 Å². The van der Waals surface area contributed by atoms with Gasteiger partial charge in [0.05, 0.1) is 6.10 Å². The molecule has 3 aliphatic heterocycles. The number of likely N-dealkylation sites (tertiary alicyclic amines) is 2. The fraction of sp³-hybridized carbons (Fsp3) is 0.682. The van der Waals surface area contributed by atoms with Crippen LogP contribution in [0.5, 0.6) is 0 Å². The smallest absolute Gasteiger partial charge is 0.223 e. The Bertz CT molecular complexity index is 599. The van der Waals surface area contributed by atoms with Crippen LogP contribution in [-0.4, -0.2) is 60.1 Å². The normalized spacial score (nSPS) is 30.2. The van der Waals surface area contributed by atoms with E-state index in [1.807, 2.05) is 0 Å². The highest BCUT2D eigenvalue weighted by Gasteiger charge is 2.46. The number of nitrogens with zero attached hydrogens (tertiary/aromatic N) is 2. The van der Waals surface area contributed by atoms with Crippen molar-refractivity contribution in [2.75, 3.05) is 32.8 Å². The first-order valence-electron chi connectivity index (χ1n) is 10.4. The van der Waals surface area contributed by atoms with E-state index in [4.69, 9.17) is 4.74 Å². The van der Waals surface area contributed by atoms with Gasteiger partial charge in [-0.3, -0.25) is 4.79 Å². The first kappa shape index (κ1) is 18.0. The molecule has 0 aliphatic carbocycles. The van der Waals surface area contributed by atoms with E-state index >= 15 is 0 Å². The monoisotopic (exact) mass is 356 g/mol. The summed E-state index contributed by atoms with van der Waals surface area (Å²) in [7, 11) is 0. The summed E-state index contributed by atoms with van der Waals surface area (Å²) in [4.78, 5) is 17.4. The molecule has 26 heavy (non-hydrogen) atoms. The van der Waals surface area contributed by atoms with Crippen molar-refractivity contribution in [1.82, 2.24) is 9.80 Å². The molecule has 0 saturated carbocycles. The first-order valence-corrected chi connectivity index (χ1v) is 10.4. The molecule has 1 aromatic rings. The van der Waals surface area contributed by atoms with Crippen LogP contribution in [0, 0.1) is 0 Å². The molecule has 0 unspecified atom stereocenters. The van der Waals surface area contributed by atoms with E-state index in [1.54, 1.807) is 0 Å². The van der Waals surface area contributed by atoms with Crippen molar-refractivity contribution in [2.24, 2.45) is 0 Å². The molecule has 3 fully saturated rings. The molecular formula is C22H32N2O2. The second-order valence-corrected chi connectivity index (χ2v) is 8.29. The fourth-order valence-corrected chi connectivity index (χ4v) is 5.07. The molecule has 1 amide bonds. The Kier molecular flexibility index (Phi) is 5.60. The van der Waals surface area contributed by atoms with Gasteiger partial charge in [0.15, 0.2) is 0 Å². The summed E-state index contributed by atoms with van der Waals surface area (Å²) in [5, 5.41) is 0. The van der Waals surface area contributed by atoms with Crippen LogP contribution in [0.4, 0.5) is 0 Å². The van der Waals surface area contributed by atoms with Gasteiger partial charge < -0.3 is 14.5 Å². The van der Waals surface area contributed by atoms with Crippen molar-refractivity contribution >= 4 is 5.91 Å². The summed E-state index contributed by atoms with van der Waals surface area (Å²) in [5.41, 5.74) is 1.52. The zero-order chi connectivity index (χ0) is 17.8. The largest absolute Gasteiger partial charge is 0.376 e. The van der Waals surface area contributed by atoms with Crippen LogP contribution in [-0.2, 0) is 16.0 Å². The molecule has 4 nitrogen and oxygen atoms in total. The lowest BCUT2D eigenvalue weighted by Gasteiger charge is -2.39. The molecule has 2 atom stereocenters. The molecule has 4 rings (SSSR count). The van der Waals surface area contributed by atoms with Gasteiger partial charge in [-0.15, -0.1) is 0 Å². The standard InChI is InChI=1S/C22H32N2O2/c25-21-9-12-22(24(21)18-20-8-4-17-26-20)11-5-14-23(16-13-22)15-10-19-6-2-1-3-7-19/h1-3,6-7,20H,4-5,8-18H2/t20-,22-/m1/s1. The minimum Gasteiger partial charge on any atom is -0.376 e. The molecule has 1 aromatic carbocycles. The molecule has 142 valence electrons. The van der Waals surface area contributed by atoms with E-state index in [1.165, 1.54) is 12.0 Å². The van der Waals surface area contributed by atoms with E-state index in [2.05, 4.69) is 40.1 Å². The Balaban J connectivity index is 1.36. The van der Waals surface area contributed by atoms with E-state index in [-0.39, 0.29) is 11.6 Å². The maximum absolute atomic E-state index is 12.6. The number of carbonyl (C=O) groups is 1. The fourth-order valence-electron chi connectivity index (χ4n) is 5.07. The van der Waals surface area contributed by atoms with Crippen molar-refractivity contribution in [3.8, 4) is 0 Å². The molecule has 4 heteroatoms. The van der Waals surface area contributed by atoms with Crippen molar-refractivity contribution in [3.05, 3.63) is 35.9 Å². The molecule has 3 saturated heterocycles. The molecule has 0 N–H and O–H groups in total. The molecule has 0 bridgehead atoms. The maximum Gasteiger partial charge on any atom is 0.223 e. The van der Waals surface area contributed by atoms with E-state index in [9.17, 15) is 4.79 Å². The molecule has 3 heterocycles. The van der Waals surface area contributed by atoms with Crippen molar-refractivity contribution < 1.29 is 9.53 Å². The zero-order valence-corrected chi connectivity index (χ0v) is 15.9. The Labute approximate surface area is 157 Å². The lowest BCUT2D eigenvalue weighted by Crippen LogP contribution is -2.49. The third-order valence-corrected chi connectivity index (χ3v) is 6.66. The highest BCUT2D eigenvalue weighted by molar-refractivity contribution is 5.79. The Morgan fingerprint density at radius 3 is 2.77 bits per heavy atom. The van der Waals surface area contributed by atoms with Crippen molar-refractivity contribution in [3.63, 3.8) is 0 Å². The number of benzene rings is 1.